The van der Waals surface area contributed by atoms with Crippen molar-refractivity contribution in [3.05, 3.63) is 68.2 Å². The number of nitro benzene ring substituents is 1. The molecule has 6 heteroatoms. The van der Waals surface area contributed by atoms with E-state index in [-0.39, 0.29) is 18.3 Å². The smallest absolute Gasteiger partial charge is 0.276 e. The van der Waals surface area contributed by atoms with Crippen molar-refractivity contribution in [1.29, 1.82) is 0 Å². The number of ether oxygens (including phenoxy) is 1. The van der Waals surface area contributed by atoms with Crippen molar-refractivity contribution in [1.82, 2.24) is 0 Å². The molecule has 0 heterocycles. The van der Waals surface area contributed by atoms with Crippen molar-refractivity contribution in [2.45, 2.75) is 19.6 Å². The van der Waals surface area contributed by atoms with E-state index in [1.807, 2.05) is 19.1 Å². The molecule has 0 unspecified atom stereocenters. The van der Waals surface area contributed by atoms with Crippen molar-refractivity contribution in [2.75, 3.05) is 0 Å². The van der Waals surface area contributed by atoms with Crippen LogP contribution in [0.1, 0.15) is 24.1 Å². The average molecular weight is 351 g/mol. The van der Waals surface area contributed by atoms with Crippen LogP contribution in [0.25, 0.3) is 0 Å². The Kier molecular flexibility index (Phi) is 4.93. The highest BCUT2D eigenvalue weighted by molar-refractivity contribution is 9.10. The van der Waals surface area contributed by atoms with Crippen LogP contribution in [-0.4, -0.2) is 4.92 Å². The van der Waals surface area contributed by atoms with E-state index in [4.69, 9.17) is 10.5 Å². The Hall–Kier alpha value is -1.92. The van der Waals surface area contributed by atoms with Crippen molar-refractivity contribution in [2.24, 2.45) is 5.73 Å². The molecule has 0 aromatic heterocycles. The number of nitro groups is 1. The number of benzene rings is 2. The highest BCUT2D eigenvalue weighted by atomic mass is 79.9. The Morgan fingerprint density at radius 2 is 2.05 bits per heavy atom. The fraction of sp³-hybridized carbons (Fsp3) is 0.200. The van der Waals surface area contributed by atoms with E-state index in [0.717, 1.165) is 10.0 Å². The molecule has 21 heavy (non-hydrogen) atoms. The molecule has 0 amide bonds. The van der Waals surface area contributed by atoms with E-state index in [1.165, 1.54) is 6.07 Å². The molecule has 0 radical (unpaired) electrons. The van der Waals surface area contributed by atoms with Crippen LogP contribution < -0.4 is 10.5 Å². The molecule has 0 saturated heterocycles. The first-order valence-electron chi connectivity index (χ1n) is 6.39. The van der Waals surface area contributed by atoms with Crippen LogP contribution in [0.15, 0.2) is 46.9 Å². The van der Waals surface area contributed by atoms with Crippen LogP contribution >= 0.6 is 15.9 Å². The molecular formula is C15H15BrN2O3. The highest BCUT2D eigenvalue weighted by Gasteiger charge is 2.14. The Morgan fingerprint density at radius 1 is 1.33 bits per heavy atom. The van der Waals surface area contributed by atoms with Gasteiger partial charge in [-0.3, -0.25) is 10.1 Å². The van der Waals surface area contributed by atoms with Crippen LogP contribution in [0, 0.1) is 10.1 Å². The molecule has 0 aliphatic carbocycles. The maximum absolute atomic E-state index is 11.0. The summed E-state index contributed by atoms with van der Waals surface area (Å²) in [6.07, 6.45) is 0. The van der Waals surface area contributed by atoms with E-state index in [0.29, 0.717) is 11.3 Å². The Morgan fingerprint density at radius 3 is 2.71 bits per heavy atom. The van der Waals surface area contributed by atoms with Gasteiger partial charge in [0.25, 0.3) is 5.69 Å². The zero-order valence-corrected chi connectivity index (χ0v) is 13.0. The molecule has 110 valence electrons. The lowest BCUT2D eigenvalue weighted by Gasteiger charge is -2.14. The summed E-state index contributed by atoms with van der Waals surface area (Å²) in [4.78, 5) is 10.6. The summed E-state index contributed by atoms with van der Waals surface area (Å²) in [6.45, 7) is 1.98. The summed E-state index contributed by atoms with van der Waals surface area (Å²) in [5.41, 5.74) is 7.35. The molecule has 0 aliphatic rings. The lowest BCUT2D eigenvalue weighted by Crippen LogP contribution is -2.08. The third-order valence-electron chi connectivity index (χ3n) is 3.03. The molecule has 0 aliphatic heterocycles. The fourth-order valence-corrected chi connectivity index (χ4v) is 2.35. The molecule has 2 aromatic carbocycles. The predicted molar refractivity (Wildman–Crippen MR) is 84.2 cm³/mol. The number of hydrogen-bond acceptors (Lipinski definition) is 4. The van der Waals surface area contributed by atoms with Gasteiger partial charge in [-0.1, -0.05) is 28.1 Å². The van der Waals surface area contributed by atoms with E-state index >= 15 is 0 Å². The average Bonchev–Trinajstić information content (AvgIpc) is 2.46. The Bertz CT molecular complexity index is 659. The molecule has 0 spiro atoms. The molecule has 2 aromatic rings. The van der Waals surface area contributed by atoms with Crippen molar-refractivity contribution in [3.8, 4) is 5.75 Å². The van der Waals surface area contributed by atoms with Crippen LogP contribution in [-0.2, 0) is 6.61 Å². The number of nitrogens with two attached hydrogens (primary N) is 1. The minimum atomic E-state index is -0.410. The van der Waals surface area contributed by atoms with Crippen LogP contribution in [0.4, 0.5) is 5.69 Å². The first kappa shape index (κ1) is 15.5. The second-order valence-electron chi connectivity index (χ2n) is 4.65. The standard InChI is InChI=1S/C15H15BrN2O3/c1-10(17)13-8-12(16)6-7-15(13)21-9-11-4-2-3-5-14(11)18(19)20/h2-8,10H,9,17H2,1H3/t10-/m1/s1. The molecule has 0 bridgehead atoms. The van der Waals surface area contributed by atoms with Gasteiger partial charge in [-0.05, 0) is 31.2 Å². The van der Waals surface area contributed by atoms with Gasteiger partial charge in [0.15, 0.2) is 0 Å². The third kappa shape index (κ3) is 3.80. The Balaban J connectivity index is 2.23. The number of nitrogens with zero attached hydrogens (tertiary/aromatic N) is 1. The fourth-order valence-electron chi connectivity index (χ4n) is 1.97. The summed E-state index contributed by atoms with van der Waals surface area (Å²) in [6, 6.07) is 11.9. The number of rotatable bonds is 5. The third-order valence-corrected chi connectivity index (χ3v) is 3.53. The molecular weight excluding hydrogens is 336 g/mol. The first-order valence-corrected chi connectivity index (χ1v) is 7.18. The van der Waals surface area contributed by atoms with Gasteiger partial charge in [-0.15, -0.1) is 0 Å². The first-order chi connectivity index (χ1) is 9.99. The van der Waals surface area contributed by atoms with E-state index in [1.54, 1.807) is 24.3 Å². The summed E-state index contributed by atoms with van der Waals surface area (Å²) in [7, 11) is 0. The van der Waals surface area contributed by atoms with Crippen molar-refractivity contribution < 1.29 is 9.66 Å². The van der Waals surface area contributed by atoms with Gasteiger partial charge in [0.05, 0.1) is 10.5 Å². The van der Waals surface area contributed by atoms with Gasteiger partial charge >= 0.3 is 0 Å². The van der Waals surface area contributed by atoms with Gasteiger partial charge < -0.3 is 10.5 Å². The van der Waals surface area contributed by atoms with Crippen molar-refractivity contribution in [3.63, 3.8) is 0 Å². The quantitative estimate of drug-likeness (QED) is 0.653. The summed E-state index contributed by atoms with van der Waals surface area (Å²) in [5, 5.41) is 11.0. The van der Waals surface area contributed by atoms with E-state index < -0.39 is 4.92 Å². The molecule has 0 fully saturated rings. The summed E-state index contributed by atoms with van der Waals surface area (Å²) >= 11 is 3.39. The number of hydrogen-bond donors (Lipinski definition) is 1. The van der Waals surface area contributed by atoms with Crippen LogP contribution in [0.5, 0.6) is 5.75 Å². The van der Waals surface area contributed by atoms with E-state index in [9.17, 15) is 10.1 Å². The van der Waals surface area contributed by atoms with Gasteiger partial charge in [0.2, 0.25) is 0 Å². The lowest BCUT2D eigenvalue weighted by molar-refractivity contribution is -0.385. The minimum absolute atomic E-state index is 0.0527. The zero-order valence-electron chi connectivity index (χ0n) is 11.5. The lowest BCUT2D eigenvalue weighted by atomic mass is 10.1. The van der Waals surface area contributed by atoms with Gasteiger partial charge in [0, 0.05) is 22.1 Å². The normalized spacial score (nSPS) is 12.0. The maximum atomic E-state index is 11.0. The van der Waals surface area contributed by atoms with Crippen LogP contribution in [0.3, 0.4) is 0 Å². The number of halogens is 1. The van der Waals surface area contributed by atoms with Gasteiger partial charge in [0.1, 0.15) is 12.4 Å². The summed E-state index contributed by atoms with van der Waals surface area (Å²) in [5.74, 6) is 0.631. The topological polar surface area (TPSA) is 78.4 Å². The van der Waals surface area contributed by atoms with E-state index in [2.05, 4.69) is 15.9 Å². The highest BCUT2D eigenvalue weighted by Crippen LogP contribution is 2.29. The van der Waals surface area contributed by atoms with Crippen molar-refractivity contribution >= 4 is 21.6 Å². The molecule has 1 atom stereocenters. The van der Waals surface area contributed by atoms with Crippen LogP contribution in [0.2, 0.25) is 0 Å². The predicted octanol–water partition coefficient (Wildman–Crippen LogP) is 3.96. The van der Waals surface area contributed by atoms with Gasteiger partial charge in [-0.25, -0.2) is 0 Å². The monoisotopic (exact) mass is 350 g/mol. The Labute approximate surface area is 131 Å². The molecule has 2 rings (SSSR count). The molecule has 2 N–H and O–H groups in total. The zero-order chi connectivity index (χ0) is 15.4. The SMILES string of the molecule is C[C@@H](N)c1cc(Br)ccc1OCc1ccccc1[N+](=O)[O-]. The van der Waals surface area contributed by atoms with Gasteiger partial charge in [-0.2, -0.15) is 0 Å². The summed E-state index contributed by atoms with van der Waals surface area (Å²) < 4.78 is 6.64. The second-order valence-corrected chi connectivity index (χ2v) is 5.56. The minimum Gasteiger partial charge on any atom is -0.488 e. The largest absolute Gasteiger partial charge is 0.488 e. The number of para-hydroxylation sites is 1. The second kappa shape index (κ2) is 6.69. The maximum Gasteiger partial charge on any atom is 0.276 e. The molecule has 5 nitrogen and oxygen atoms in total. The molecule has 0 saturated carbocycles.